The first-order chi connectivity index (χ1) is 19.2. The molecular formula is C25H26F6N6O3S. The Labute approximate surface area is 234 Å². The Morgan fingerprint density at radius 3 is 2.56 bits per heavy atom. The Morgan fingerprint density at radius 1 is 1.24 bits per heavy atom. The van der Waals surface area contributed by atoms with E-state index >= 15 is 0 Å². The number of hydrogen-bond donors (Lipinski definition) is 2. The first-order valence-electron chi connectivity index (χ1n) is 12.3. The van der Waals surface area contributed by atoms with Gasteiger partial charge in [-0.2, -0.15) is 31.6 Å². The number of likely N-dealkylation sites (N-methyl/N-ethyl adjacent to an activating group) is 1. The molecule has 0 bridgehead atoms. The van der Waals surface area contributed by atoms with Crippen LogP contribution in [0.3, 0.4) is 0 Å². The molecule has 0 saturated carbocycles. The minimum Gasteiger partial charge on any atom is -0.360 e. The normalized spacial score (nSPS) is 17.2. The molecule has 1 aromatic heterocycles. The third-order valence-electron chi connectivity index (χ3n) is 6.28. The Kier molecular flexibility index (Phi) is 9.87. The molecule has 1 aromatic carbocycles. The minimum absolute atomic E-state index is 0.0326. The number of anilines is 2. The summed E-state index contributed by atoms with van der Waals surface area (Å²) in [5.74, 6) is -1.82. The topological polar surface area (TPSA) is 110 Å². The highest BCUT2D eigenvalue weighted by molar-refractivity contribution is 7.07. The van der Waals surface area contributed by atoms with Crippen molar-refractivity contribution in [3.63, 3.8) is 0 Å². The minimum atomic E-state index is -4.69. The monoisotopic (exact) mass is 604 g/mol. The number of carbonyl (C=O) groups is 2. The van der Waals surface area contributed by atoms with Crippen molar-refractivity contribution in [3.8, 4) is 6.07 Å². The first kappa shape index (κ1) is 31.7. The van der Waals surface area contributed by atoms with E-state index in [9.17, 15) is 46.0 Å². The van der Waals surface area contributed by atoms with Crippen molar-refractivity contribution >= 4 is 46.3 Å². The van der Waals surface area contributed by atoms with Gasteiger partial charge in [0.05, 0.1) is 6.54 Å². The number of nitrogens with zero attached hydrogens (tertiary/aromatic N) is 4. The number of halogens is 6. The summed E-state index contributed by atoms with van der Waals surface area (Å²) in [6, 6.07) is 6.19. The highest BCUT2D eigenvalue weighted by atomic mass is 32.1. The van der Waals surface area contributed by atoms with E-state index in [-0.39, 0.29) is 28.7 Å². The van der Waals surface area contributed by atoms with E-state index < -0.39 is 54.4 Å². The molecular weight excluding hydrogens is 578 g/mol. The lowest BCUT2D eigenvalue weighted by Gasteiger charge is -2.28. The van der Waals surface area contributed by atoms with Gasteiger partial charge in [0.1, 0.15) is 27.9 Å². The number of hydrogen-bond acceptors (Lipinski definition) is 7. The molecule has 16 heteroatoms. The number of nitriles is 1. The largest absolute Gasteiger partial charge is 0.405 e. The van der Waals surface area contributed by atoms with Crippen LogP contribution in [0.25, 0.3) is 11.8 Å². The van der Waals surface area contributed by atoms with Crippen LogP contribution in [0.2, 0.25) is 0 Å². The van der Waals surface area contributed by atoms with Gasteiger partial charge >= 0.3 is 12.4 Å². The Balaban J connectivity index is 1.83. The SMILES string of the molecule is CCn1c(=C(C#N)C(=O)NCC(F)(F)F)sc(=CNc2cccc(N(C)C(=O)CN3CCCC3C(F)(F)F)c2)c1=O. The molecule has 0 radical (unpaired) electrons. The molecule has 222 valence electrons. The number of thiazole rings is 1. The zero-order valence-corrected chi connectivity index (χ0v) is 22.7. The number of alkyl halides is 6. The van der Waals surface area contributed by atoms with Gasteiger partial charge in [-0.3, -0.25) is 23.9 Å². The average Bonchev–Trinajstić information content (AvgIpc) is 3.50. The number of likely N-dealkylation sites (tertiary alicyclic amines) is 1. The molecule has 1 unspecified atom stereocenters. The smallest absolute Gasteiger partial charge is 0.360 e. The van der Waals surface area contributed by atoms with Gasteiger partial charge in [-0.15, -0.1) is 11.3 Å². The number of carbonyl (C=O) groups excluding carboxylic acids is 2. The average molecular weight is 605 g/mol. The lowest BCUT2D eigenvalue weighted by atomic mass is 10.2. The highest BCUT2D eigenvalue weighted by Crippen LogP contribution is 2.32. The Hall–Kier alpha value is -3.84. The van der Waals surface area contributed by atoms with E-state index in [0.29, 0.717) is 17.8 Å². The van der Waals surface area contributed by atoms with Crippen LogP contribution < -0.4 is 30.3 Å². The van der Waals surface area contributed by atoms with E-state index in [2.05, 4.69) is 5.32 Å². The summed E-state index contributed by atoms with van der Waals surface area (Å²) >= 11 is 0.728. The maximum atomic E-state index is 13.2. The summed E-state index contributed by atoms with van der Waals surface area (Å²) in [6.07, 6.45) is -7.56. The summed E-state index contributed by atoms with van der Waals surface area (Å²) in [5.41, 5.74) is -0.466. The van der Waals surface area contributed by atoms with E-state index in [0.717, 1.165) is 20.8 Å². The second-order valence-corrected chi connectivity index (χ2v) is 10.1. The van der Waals surface area contributed by atoms with Crippen LogP contribution in [0.4, 0.5) is 37.7 Å². The summed E-state index contributed by atoms with van der Waals surface area (Å²) in [4.78, 5) is 40.2. The zero-order chi connectivity index (χ0) is 30.5. The van der Waals surface area contributed by atoms with Crippen LogP contribution in [0.5, 0.6) is 0 Å². The van der Waals surface area contributed by atoms with Crippen LogP contribution in [0, 0.1) is 11.3 Å². The van der Waals surface area contributed by atoms with Gasteiger partial charge in [0.2, 0.25) is 5.91 Å². The van der Waals surface area contributed by atoms with Crippen molar-refractivity contribution in [2.75, 3.05) is 36.9 Å². The number of rotatable bonds is 8. The van der Waals surface area contributed by atoms with E-state index in [1.165, 1.54) is 24.2 Å². The number of aromatic nitrogens is 1. The lowest BCUT2D eigenvalue weighted by molar-refractivity contribution is -0.176. The standard InChI is InChI=1S/C25H26F6N6O3S/c1-3-37-22(40)18(41-23(37)17(11-32)21(39)34-14-24(26,27)28)12-33-15-6-4-7-16(10-15)35(2)20(38)13-36-9-5-8-19(36)25(29,30)31/h4,6-7,10,12,19,33H,3,5,8-9,13-14H2,1-2H3,(H,34,39). The van der Waals surface area contributed by atoms with E-state index in [4.69, 9.17) is 0 Å². The van der Waals surface area contributed by atoms with Gasteiger partial charge in [-0.25, -0.2) is 0 Å². The fourth-order valence-electron chi connectivity index (χ4n) is 4.22. The Morgan fingerprint density at radius 2 is 1.95 bits per heavy atom. The fourth-order valence-corrected chi connectivity index (χ4v) is 5.31. The van der Waals surface area contributed by atoms with Crippen molar-refractivity contribution in [1.82, 2.24) is 14.8 Å². The second kappa shape index (κ2) is 12.8. The molecule has 1 aliphatic heterocycles. The molecule has 9 nitrogen and oxygen atoms in total. The molecule has 3 rings (SSSR count). The second-order valence-electron chi connectivity index (χ2n) is 9.07. The predicted molar refractivity (Wildman–Crippen MR) is 140 cm³/mol. The van der Waals surface area contributed by atoms with Gasteiger partial charge in [0.15, 0.2) is 5.57 Å². The lowest BCUT2D eigenvalue weighted by Crippen LogP contribution is -2.46. The van der Waals surface area contributed by atoms with Crippen LogP contribution >= 0.6 is 11.3 Å². The van der Waals surface area contributed by atoms with E-state index in [1.54, 1.807) is 36.5 Å². The van der Waals surface area contributed by atoms with Crippen LogP contribution in [0.15, 0.2) is 29.1 Å². The van der Waals surface area contributed by atoms with Crippen molar-refractivity contribution in [3.05, 3.63) is 43.8 Å². The maximum absolute atomic E-state index is 13.2. The summed E-state index contributed by atoms with van der Waals surface area (Å²) in [5, 5.41) is 13.9. The van der Waals surface area contributed by atoms with Crippen LogP contribution in [0.1, 0.15) is 19.8 Å². The van der Waals surface area contributed by atoms with Crippen molar-refractivity contribution in [2.24, 2.45) is 0 Å². The third-order valence-corrected chi connectivity index (χ3v) is 7.41. The Bertz CT molecular complexity index is 1510. The van der Waals surface area contributed by atoms with E-state index in [1.807, 2.05) is 0 Å². The van der Waals surface area contributed by atoms with Crippen molar-refractivity contribution in [1.29, 1.82) is 5.26 Å². The van der Waals surface area contributed by atoms with Gasteiger partial charge in [-0.05, 0) is 44.5 Å². The zero-order valence-electron chi connectivity index (χ0n) is 21.9. The van der Waals surface area contributed by atoms with Gasteiger partial charge in [0.25, 0.3) is 11.5 Å². The molecule has 2 heterocycles. The molecule has 0 aliphatic carbocycles. The summed E-state index contributed by atoms with van der Waals surface area (Å²) in [7, 11) is 1.43. The van der Waals surface area contributed by atoms with Gasteiger partial charge < -0.3 is 15.5 Å². The van der Waals surface area contributed by atoms with Gasteiger partial charge in [0, 0.05) is 31.2 Å². The van der Waals surface area contributed by atoms with Crippen molar-refractivity contribution < 1.29 is 35.9 Å². The summed E-state index contributed by atoms with van der Waals surface area (Å²) in [6.45, 7) is -0.300. The molecule has 0 spiro atoms. The number of nitrogens with one attached hydrogen (secondary N) is 2. The molecule has 1 saturated heterocycles. The maximum Gasteiger partial charge on any atom is 0.405 e. The predicted octanol–water partition coefficient (Wildman–Crippen LogP) is 2.12. The van der Waals surface area contributed by atoms with Crippen LogP contribution in [-0.2, 0) is 16.1 Å². The van der Waals surface area contributed by atoms with Crippen LogP contribution in [-0.4, -0.2) is 66.4 Å². The fraction of sp³-hybridized carbons (Fsp3) is 0.440. The summed E-state index contributed by atoms with van der Waals surface area (Å²) < 4.78 is 78.2. The molecule has 2 amide bonds. The molecule has 2 N–H and O–H groups in total. The highest BCUT2D eigenvalue weighted by Gasteiger charge is 2.46. The van der Waals surface area contributed by atoms with Gasteiger partial charge in [-0.1, -0.05) is 6.07 Å². The molecule has 1 aliphatic rings. The molecule has 1 atom stereocenters. The third kappa shape index (κ3) is 7.88. The first-order valence-corrected chi connectivity index (χ1v) is 13.1. The quantitative estimate of drug-likeness (QED) is 0.447. The molecule has 41 heavy (non-hydrogen) atoms. The molecule has 2 aromatic rings. The number of amides is 2. The number of benzene rings is 1. The van der Waals surface area contributed by atoms with Crippen molar-refractivity contribution in [2.45, 2.75) is 44.7 Å². The molecule has 1 fully saturated rings.